The first-order valence-electron chi connectivity index (χ1n) is 14.7. The zero-order valence-electron chi connectivity index (χ0n) is 25.8. The van der Waals surface area contributed by atoms with Gasteiger partial charge in [0.2, 0.25) is 17.7 Å². The number of rotatable bonds is 10. The van der Waals surface area contributed by atoms with Gasteiger partial charge >= 0.3 is 0 Å². The SMILES string of the molecule is CCS(=O)(=O)c1ccc(CC(=O)N[C@H](C(=O)N2C[C@H](O)C[C@H]2C(=O)NCc2ccc(-c3ccc(C)s3)cc2)C(C)(C)C)cc1. The molecule has 0 spiro atoms. The fourth-order valence-corrected chi connectivity index (χ4v) is 6.94. The Morgan fingerprint density at radius 3 is 2.20 bits per heavy atom. The van der Waals surface area contributed by atoms with Gasteiger partial charge in [0.15, 0.2) is 9.84 Å². The van der Waals surface area contributed by atoms with Gasteiger partial charge in [-0.2, -0.15) is 0 Å². The minimum atomic E-state index is -3.35. The number of sulfone groups is 1. The van der Waals surface area contributed by atoms with Gasteiger partial charge in [-0.25, -0.2) is 8.42 Å². The topological polar surface area (TPSA) is 133 Å². The smallest absolute Gasteiger partial charge is 0.246 e. The summed E-state index contributed by atoms with van der Waals surface area (Å²) in [5.41, 5.74) is 1.92. The second-order valence-electron chi connectivity index (χ2n) is 12.3. The number of aliphatic hydroxyl groups excluding tert-OH is 1. The van der Waals surface area contributed by atoms with Gasteiger partial charge in [-0.3, -0.25) is 14.4 Å². The number of aryl methyl sites for hydroxylation is 1. The highest BCUT2D eigenvalue weighted by molar-refractivity contribution is 7.91. The molecule has 0 saturated carbocycles. The Balaban J connectivity index is 1.40. The van der Waals surface area contributed by atoms with Crippen molar-refractivity contribution in [1.29, 1.82) is 0 Å². The lowest BCUT2D eigenvalue weighted by Crippen LogP contribution is -2.58. The van der Waals surface area contributed by atoms with Crippen LogP contribution in [-0.4, -0.2) is 66.6 Å². The fraction of sp³-hybridized carbons (Fsp3) is 0.424. The molecule has 1 fully saturated rings. The van der Waals surface area contributed by atoms with Crippen molar-refractivity contribution in [2.75, 3.05) is 12.3 Å². The predicted molar refractivity (Wildman–Crippen MR) is 172 cm³/mol. The second kappa shape index (κ2) is 13.6. The summed E-state index contributed by atoms with van der Waals surface area (Å²) < 4.78 is 24.2. The maximum absolute atomic E-state index is 13.8. The third kappa shape index (κ3) is 8.13. The predicted octanol–water partition coefficient (Wildman–Crippen LogP) is 3.87. The van der Waals surface area contributed by atoms with Crippen LogP contribution in [0.2, 0.25) is 0 Å². The Morgan fingerprint density at radius 2 is 1.64 bits per heavy atom. The molecule has 0 aliphatic carbocycles. The van der Waals surface area contributed by atoms with Gasteiger partial charge in [-0.05, 0) is 53.3 Å². The molecule has 11 heteroatoms. The maximum Gasteiger partial charge on any atom is 0.246 e. The van der Waals surface area contributed by atoms with Crippen molar-refractivity contribution in [2.24, 2.45) is 5.41 Å². The number of nitrogens with zero attached hydrogens (tertiary/aromatic N) is 1. The van der Waals surface area contributed by atoms with Gasteiger partial charge in [0, 0.05) is 29.3 Å². The number of hydrogen-bond donors (Lipinski definition) is 3. The normalized spacial score (nSPS) is 17.7. The van der Waals surface area contributed by atoms with Gasteiger partial charge in [0.25, 0.3) is 0 Å². The van der Waals surface area contributed by atoms with E-state index < -0.39 is 45.3 Å². The minimum absolute atomic E-state index is 0.0122. The third-order valence-corrected chi connectivity index (χ3v) is 10.6. The number of aliphatic hydroxyl groups is 1. The summed E-state index contributed by atoms with van der Waals surface area (Å²) in [6.45, 7) is 9.36. The average Bonchev–Trinajstić information content (AvgIpc) is 3.59. The molecule has 4 rings (SSSR count). The van der Waals surface area contributed by atoms with Gasteiger partial charge in [0.05, 0.1) is 23.2 Å². The highest BCUT2D eigenvalue weighted by Crippen LogP contribution is 2.28. The summed E-state index contributed by atoms with van der Waals surface area (Å²) in [7, 11) is -3.35. The van der Waals surface area contributed by atoms with Gasteiger partial charge in [0.1, 0.15) is 12.1 Å². The largest absolute Gasteiger partial charge is 0.391 e. The van der Waals surface area contributed by atoms with Gasteiger partial charge in [-0.15, -0.1) is 11.3 Å². The van der Waals surface area contributed by atoms with E-state index in [2.05, 4.69) is 29.7 Å². The summed E-state index contributed by atoms with van der Waals surface area (Å²) in [6.07, 6.45) is -0.812. The Kier molecular flexibility index (Phi) is 10.3. The van der Waals surface area contributed by atoms with Crippen molar-refractivity contribution < 1.29 is 27.9 Å². The van der Waals surface area contributed by atoms with E-state index in [-0.39, 0.29) is 42.5 Å². The maximum atomic E-state index is 13.8. The molecule has 3 amide bonds. The minimum Gasteiger partial charge on any atom is -0.391 e. The van der Waals surface area contributed by atoms with Crippen molar-refractivity contribution >= 4 is 38.9 Å². The summed E-state index contributed by atoms with van der Waals surface area (Å²) in [5, 5.41) is 16.2. The van der Waals surface area contributed by atoms with Crippen LogP contribution in [0.3, 0.4) is 0 Å². The van der Waals surface area contributed by atoms with Crippen LogP contribution in [0.1, 0.15) is 50.1 Å². The summed E-state index contributed by atoms with van der Waals surface area (Å²) in [6, 6.07) is 16.4. The molecule has 0 unspecified atom stereocenters. The number of benzene rings is 2. The standard InChI is InChI=1S/C33H41N3O6S2/c1-6-44(41,42)26-14-10-22(11-15-26)17-29(38)35-30(33(3,4)5)32(40)36-20-25(37)18-27(36)31(39)34-19-23-8-12-24(13-9-23)28-16-7-21(2)43-28/h7-16,25,27,30,37H,6,17-20H2,1-5H3,(H,34,39)(H,35,38)/t25-,27+,30-/m1/s1. The van der Waals surface area contributed by atoms with Crippen LogP contribution in [0.5, 0.6) is 0 Å². The molecule has 0 bridgehead atoms. The van der Waals surface area contributed by atoms with E-state index in [0.717, 1.165) is 11.1 Å². The number of nitrogens with one attached hydrogen (secondary N) is 2. The van der Waals surface area contributed by atoms with E-state index in [4.69, 9.17) is 0 Å². The number of β-amino-alcohol motifs (C(OH)–C–C–N with tert-alkyl or cyclic N) is 1. The molecule has 1 saturated heterocycles. The van der Waals surface area contributed by atoms with Crippen LogP contribution in [-0.2, 0) is 37.2 Å². The van der Waals surface area contributed by atoms with Crippen molar-refractivity contribution in [1.82, 2.24) is 15.5 Å². The molecule has 1 aromatic heterocycles. The highest BCUT2D eigenvalue weighted by Gasteiger charge is 2.44. The number of carbonyl (C=O) groups excluding carboxylic acids is 3. The lowest BCUT2D eigenvalue weighted by molar-refractivity contribution is -0.144. The third-order valence-electron chi connectivity index (χ3n) is 7.76. The molecule has 236 valence electrons. The number of hydrogen-bond acceptors (Lipinski definition) is 7. The van der Waals surface area contributed by atoms with Crippen LogP contribution in [0.15, 0.2) is 65.6 Å². The first-order chi connectivity index (χ1) is 20.7. The molecule has 3 atom stereocenters. The zero-order valence-corrected chi connectivity index (χ0v) is 27.4. The average molecular weight is 640 g/mol. The van der Waals surface area contributed by atoms with E-state index in [1.165, 1.54) is 26.8 Å². The number of thiophene rings is 1. The van der Waals surface area contributed by atoms with E-state index in [1.54, 1.807) is 30.4 Å². The van der Waals surface area contributed by atoms with E-state index in [1.807, 2.05) is 45.0 Å². The second-order valence-corrected chi connectivity index (χ2v) is 15.9. The first-order valence-corrected chi connectivity index (χ1v) is 17.2. The Labute approximate surface area is 263 Å². The van der Waals surface area contributed by atoms with Crippen molar-refractivity contribution in [3.05, 3.63) is 76.7 Å². The molecule has 3 aromatic rings. The molecular formula is C33H41N3O6S2. The summed E-state index contributed by atoms with van der Waals surface area (Å²) in [4.78, 5) is 44.1. The molecule has 2 aromatic carbocycles. The van der Waals surface area contributed by atoms with Crippen molar-refractivity contribution in [2.45, 2.75) is 77.1 Å². The first kappa shape index (κ1) is 33.4. The lowest BCUT2D eigenvalue weighted by atomic mass is 9.85. The van der Waals surface area contributed by atoms with E-state index in [0.29, 0.717) is 5.56 Å². The number of likely N-dealkylation sites (tertiary alicyclic amines) is 1. The molecule has 9 nitrogen and oxygen atoms in total. The van der Waals surface area contributed by atoms with E-state index in [9.17, 15) is 27.9 Å². The molecule has 2 heterocycles. The van der Waals surface area contributed by atoms with Gasteiger partial charge < -0.3 is 20.6 Å². The van der Waals surface area contributed by atoms with E-state index >= 15 is 0 Å². The van der Waals surface area contributed by atoms with Gasteiger partial charge in [-0.1, -0.05) is 64.1 Å². The lowest BCUT2D eigenvalue weighted by Gasteiger charge is -2.35. The molecule has 44 heavy (non-hydrogen) atoms. The van der Waals surface area contributed by atoms with Crippen molar-refractivity contribution in [3.63, 3.8) is 0 Å². The summed E-state index contributed by atoms with van der Waals surface area (Å²) in [5.74, 6) is -1.24. The number of amides is 3. The Morgan fingerprint density at radius 1 is 1.00 bits per heavy atom. The Bertz CT molecular complexity index is 1590. The molecule has 3 N–H and O–H groups in total. The van der Waals surface area contributed by atoms with Crippen LogP contribution in [0.25, 0.3) is 10.4 Å². The van der Waals surface area contributed by atoms with Crippen LogP contribution in [0.4, 0.5) is 0 Å². The Hall–Kier alpha value is -3.54. The van der Waals surface area contributed by atoms with Crippen LogP contribution in [0, 0.1) is 12.3 Å². The fourth-order valence-electron chi connectivity index (χ4n) is 5.18. The monoisotopic (exact) mass is 639 g/mol. The molecule has 1 aliphatic heterocycles. The number of carbonyl (C=O) groups is 3. The zero-order chi connectivity index (χ0) is 32.2. The van der Waals surface area contributed by atoms with Crippen LogP contribution < -0.4 is 10.6 Å². The molecular weight excluding hydrogens is 599 g/mol. The highest BCUT2D eigenvalue weighted by atomic mass is 32.2. The van der Waals surface area contributed by atoms with Crippen molar-refractivity contribution in [3.8, 4) is 10.4 Å². The quantitative estimate of drug-likeness (QED) is 0.309. The molecule has 1 aliphatic rings. The van der Waals surface area contributed by atoms with Crippen LogP contribution >= 0.6 is 11.3 Å². The summed E-state index contributed by atoms with van der Waals surface area (Å²) >= 11 is 1.72. The molecule has 0 radical (unpaired) electrons.